The molecule has 39 heavy (non-hydrogen) atoms. The second-order valence-electron chi connectivity index (χ2n) is 9.44. The van der Waals surface area contributed by atoms with Gasteiger partial charge < -0.3 is 18.8 Å². The highest BCUT2D eigenvalue weighted by atomic mass is 35.5. The molecule has 1 aromatic heterocycles. The number of rotatable bonds is 10. The van der Waals surface area contributed by atoms with E-state index >= 15 is 0 Å². The fraction of sp³-hybridized carbons (Fsp3) is 0.290. The zero-order valence-electron chi connectivity index (χ0n) is 21.8. The Kier molecular flexibility index (Phi) is 7.89. The maximum Gasteiger partial charge on any atom is 0.291 e. The van der Waals surface area contributed by atoms with Gasteiger partial charge in [0.25, 0.3) is 5.91 Å². The van der Waals surface area contributed by atoms with Gasteiger partial charge in [0.15, 0.2) is 16.9 Å². The van der Waals surface area contributed by atoms with Gasteiger partial charge in [-0.2, -0.15) is 0 Å². The summed E-state index contributed by atoms with van der Waals surface area (Å²) in [7, 11) is 0. The van der Waals surface area contributed by atoms with Crippen LogP contribution >= 0.6 is 11.6 Å². The van der Waals surface area contributed by atoms with E-state index in [2.05, 4.69) is 6.92 Å². The first kappa shape index (κ1) is 26.8. The second-order valence-corrected chi connectivity index (χ2v) is 9.84. The highest BCUT2D eigenvalue weighted by Gasteiger charge is 2.43. The Morgan fingerprint density at radius 1 is 0.974 bits per heavy atom. The van der Waals surface area contributed by atoms with Crippen molar-refractivity contribution in [2.45, 2.75) is 45.7 Å². The fourth-order valence-corrected chi connectivity index (χ4v) is 5.12. The lowest BCUT2D eigenvalue weighted by molar-refractivity contribution is 0.0714. The molecule has 8 heteroatoms. The minimum absolute atomic E-state index is 0.0611. The predicted molar refractivity (Wildman–Crippen MR) is 148 cm³/mol. The van der Waals surface area contributed by atoms with Crippen molar-refractivity contribution in [2.75, 3.05) is 13.2 Å². The SMILES string of the molecule is CCCCCOc1ccc(C2c3c(oc4ccc(F)cc4c3=O)C(=O)N2Cc2ccccc2Cl)cc1OCC. The number of halogens is 2. The number of amides is 1. The summed E-state index contributed by atoms with van der Waals surface area (Å²) in [5, 5.41) is 0.574. The molecular weight excluding hydrogens is 521 g/mol. The average molecular weight is 550 g/mol. The van der Waals surface area contributed by atoms with E-state index in [1.54, 1.807) is 23.1 Å². The summed E-state index contributed by atoms with van der Waals surface area (Å²) >= 11 is 6.45. The lowest BCUT2D eigenvalue weighted by atomic mass is 9.97. The molecule has 0 N–H and O–H groups in total. The van der Waals surface area contributed by atoms with Gasteiger partial charge >= 0.3 is 0 Å². The molecule has 0 spiro atoms. The molecule has 1 unspecified atom stereocenters. The van der Waals surface area contributed by atoms with E-state index in [0.717, 1.165) is 25.3 Å². The minimum atomic E-state index is -0.805. The third kappa shape index (κ3) is 5.23. The van der Waals surface area contributed by atoms with Gasteiger partial charge in [0.05, 0.1) is 30.2 Å². The smallest absolute Gasteiger partial charge is 0.291 e. The van der Waals surface area contributed by atoms with Crippen molar-refractivity contribution in [1.29, 1.82) is 0 Å². The summed E-state index contributed by atoms with van der Waals surface area (Å²) in [6.07, 6.45) is 3.06. The third-order valence-electron chi connectivity index (χ3n) is 6.82. The van der Waals surface area contributed by atoms with Crippen molar-refractivity contribution in [3.63, 3.8) is 0 Å². The lowest BCUT2D eigenvalue weighted by Crippen LogP contribution is -2.29. The van der Waals surface area contributed by atoms with Gasteiger partial charge in [0.2, 0.25) is 5.76 Å². The Morgan fingerprint density at radius 3 is 2.56 bits per heavy atom. The van der Waals surface area contributed by atoms with Crippen LogP contribution in [0.25, 0.3) is 11.0 Å². The number of carbonyl (C=O) groups is 1. The average Bonchev–Trinajstić information content (AvgIpc) is 3.20. The van der Waals surface area contributed by atoms with Crippen molar-refractivity contribution >= 4 is 28.5 Å². The van der Waals surface area contributed by atoms with Crippen LogP contribution in [0, 0.1) is 5.82 Å². The number of nitrogens with zero attached hydrogens (tertiary/aromatic N) is 1. The Bertz CT molecular complexity index is 1580. The normalized spacial score (nSPS) is 14.6. The lowest BCUT2D eigenvalue weighted by Gasteiger charge is -2.26. The van der Waals surface area contributed by atoms with Crippen molar-refractivity contribution in [2.24, 2.45) is 0 Å². The van der Waals surface area contributed by atoms with E-state index in [9.17, 15) is 14.0 Å². The van der Waals surface area contributed by atoms with Crippen LogP contribution in [0.1, 0.15) is 66.4 Å². The molecule has 2 heterocycles. The van der Waals surface area contributed by atoms with Gasteiger partial charge in [-0.3, -0.25) is 9.59 Å². The maximum atomic E-state index is 14.1. The van der Waals surface area contributed by atoms with Crippen LogP contribution in [0.4, 0.5) is 4.39 Å². The first-order chi connectivity index (χ1) is 18.9. The molecule has 0 saturated heterocycles. The molecule has 0 radical (unpaired) electrons. The van der Waals surface area contributed by atoms with E-state index in [1.165, 1.54) is 12.1 Å². The molecule has 0 saturated carbocycles. The Balaban J connectivity index is 1.64. The zero-order valence-corrected chi connectivity index (χ0v) is 22.6. The summed E-state index contributed by atoms with van der Waals surface area (Å²) < 4.78 is 31.9. The van der Waals surface area contributed by atoms with E-state index in [4.69, 9.17) is 25.5 Å². The monoisotopic (exact) mass is 549 g/mol. The van der Waals surface area contributed by atoms with Gasteiger partial charge in [-0.1, -0.05) is 55.6 Å². The van der Waals surface area contributed by atoms with Crippen molar-refractivity contribution in [3.8, 4) is 11.5 Å². The summed E-state index contributed by atoms with van der Waals surface area (Å²) in [6.45, 7) is 5.10. The maximum absolute atomic E-state index is 14.1. The van der Waals surface area contributed by atoms with Gasteiger partial charge in [0.1, 0.15) is 11.4 Å². The minimum Gasteiger partial charge on any atom is -0.490 e. The number of carbonyl (C=O) groups excluding carboxylic acids is 1. The molecule has 1 aliphatic heterocycles. The Labute approximate surface area is 230 Å². The van der Waals surface area contributed by atoms with Crippen LogP contribution in [-0.4, -0.2) is 24.0 Å². The molecule has 1 atom stereocenters. The van der Waals surface area contributed by atoms with Gasteiger partial charge in [-0.25, -0.2) is 4.39 Å². The molecule has 3 aromatic carbocycles. The van der Waals surface area contributed by atoms with Crippen LogP contribution in [-0.2, 0) is 6.54 Å². The van der Waals surface area contributed by atoms with Gasteiger partial charge in [-0.15, -0.1) is 0 Å². The number of benzene rings is 3. The third-order valence-corrected chi connectivity index (χ3v) is 7.18. The van der Waals surface area contributed by atoms with Crippen molar-refractivity contribution < 1.29 is 23.1 Å². The summed E-state index contributed by atoms with van der Waals surface area (Å²) in [5.41, 5.74) is 1.21. The number of hydrogen-bond acceptors (Lipinski definition) is 5. The molecule has 0 fully saturated rings. The van der Waals surface area contributed by atoms with E-state index in [-0.39, 0.29) is 28.8 Å². The molecule has 4 aromatic rings. The zero-order chi connectivity index (χ0) is 27.5. The highest BCUT2D eigenvalue weighted by molar-refractivity contribution is 6.31. The van der Waals surface area contributed by atoms with Crippen LogP contribution < -0.4 is 14.9 Å². The van der Waals surface area contributed by atoms with E-state index in [1.807, 2.05) is 31.2 Å². The molecule has 1 aliphatic rings. The quantitative estimate of drug-likeness (QED) is 0.194. The predicted octanol–water partition coefficient (Wildman–Crippen LogP) is 7.30. The van der Waals surface area contributed by atoms with Crippen molar-refractivity contribution in [3.05, 3.63) is 104 Å². The first-order valence-corrected chi connectivity index (χ1v) is 13.5. The molecule has 0 bridgehead atoms. The number of fused-ring (bicyclic) bond motifs is 2. The standard InChI is InChI=1S/C31H29ClFNO5/c1-3-5-8-15-38-25-13-11-19(16-26(25)37-4-2)28-27-29(35)22-17-21(33)12-14-24(22)39-30(27)31(36)34(28)18-20-9-6-7-10-23(20)32/h6-7,9-14,16-17,28H,3-5,8,15,18H2,1-2H3. The molecule has 6 nitrogen and oxygen atoms in total. The largest absolute Gasteiger partial charge is 0.490 e. The van der Waals surface area contributed by atoms with E-state index in [0.29, 0.717) is 40.9 Å². The Hall–Kier alpha value is -3.84. The molecule has 0 aliphatic carbocycles. The summed E-state index contributed by atoms with van der Waals surface area (Å²) in [4.78, 5) is 29.1. The molecular formula is C31H29ClFNO5. The van der Waals surface area contributed by atoms with Crippen LogP contribution in [0.3, 0.4) is 0 Å². The fourth-order valence-electron chi connectivity index (χ4n) is 4.93. The van der Waals surface area contributed by atoms with Crippen LogP contribution in [0.2, 0.25) is 5.02 Å². The number of hydrogen-bond donors (Lipinski definition) is 0. The molecule has 202 valence electrons. The highest BCUT2D eigenvalue weighted by Crippen LogP contribution is 2.42. The Morgan fingerprint density at radius 2 is 1.79 bits per heavy atom. The van der Waals surface area contributed by atoms with Gasteiger partial charge in [-0.05, 0) is 60.9 Å². The number of ether oxygens (including phenoxy) is 2. The topological polar surface area (TPSA) is 69.0 Å². The number of unbranched alkanes of at least 4 members (excludes halogenated alkanes) is 2. The first-order valence-electron chi connectivity index (χ1n) is 13.1. The molecule has 1 amide bonds. The van der Waals surface area contributed by atoms with Gasteiger partial charge in [0, 0.05) is 11.6 Å². The van der Waals surface area contributed by atoms with Crippen LogP contribution in [0.15, 0.2) is 69.9 Å². The van der Waals surface area contributed by atoms with Crippen LogP contribution in [0.5, 0.6) is 11.5 Å². The van der Waals surface area contributed by atoms with Crippen molar-refractivity contribution in [1.82, 2.24) is 4.90 Å². The molecule has 5 rings (SSSR count). The second kappa shape index (κ2) is 11.5. The summed E-state index contributed by atoms with van der Waals surface area (Å²) in [6, 6.07) is 15.5. The van der Waals surface area contributed by atoms with E-state index < -0.39 is 23.2 Å². The summed E-state index contributed by atoms with van der Waals surface area (Å²) in [5.74, 6) is 0.0321.